The van der Waals surface area contributed by atoms with Crippen molar-refractivity contribution in [2.24, 2.45) is 0 Å². The molecule has 2 aromatic carbocycles. The van der Waals surface area contributed by atoms with Crippen molar-refractivity contribution in [3.8, 4) is 0 Å². The predicted molar refractivity (Wildman–Crippen MR) is 143 cm³/mol. The Labute approximate surface area is 210 Å². The molecule has 3 aromatic rings. The van der Waals surface area contributed by atoms with Crippen molar-refractivity contribution in [2.45, 2.75) is 37.8 Å². The van der Waals surface area contributed by atoms with Gasteiger partial charge in [0, 0.05) is 61.4 Å². The fourth-order valence-corrected chi connectivity index (χ4v) is 7.42. The van der Waals surface area contributed by atoms with Gasteiger partial charge in [0.25, 0.3) is 0 Å². The van der Waals surface area contributed by atoms with Crippen LogP contribution in [0.2, 0.25) is 0 Å². The zero-order chi connectivity index (χ0) is 24.7. The van der Waals surface area contributed by atoms with Gasteiger partial charge in [0.2, 0.25) is 0 Å². The molecule has 9 heteroatoms. The highest BCUT2D eigenvalue weighted by molar-refractivity contribution is 7.91. The third-order valence-electron chi connectivity index (χ3n) is 6.98. The minimum absolute atomic E-state index is 0.164. The number of aromatic nitrogens is 1. The van der Waals surface area contributed by atoms with Gasteiger partial charge in [-0.3, -0.25) is 9.21 Å². The van der Waals surface area contributed by atoms with Gasteiger partial charge in [-0.25, -0.2) is 0 Å². The second-order valence-corrected chi connectivity index (χ2v) is 12.7. The number of anilines is 1. The molecule has 35 heavy (non-hydrogen) atoms. The van der Waals surface area contributed by atoms with Crippen molar-refractivity contribution < 1.29 is 13.0 Å². The number of aromatic amines is 1. The molecule has 1 N–H and O–H groups in total. The highest BCUT2D eigenvalue weighted by Crippen LogP contribution is 2.35. The van der Waals surface area contributed by atoms with E-state index in [0.29, 0.717) is 25.3 Å². The van der Waals surface area contributed by atoms with E-state index in [4.69, 9.17) is 0 Å². The highest BCUT2D eigenvalue weighted by Gasteiger charge is 2.38. The molecule has 0 saturated carbocycles. The van der Waals surface area contributed by atoms with E-state index in [0.717, 1.165) is 35.5 Å². The van der Waals surface area contributed by atoms with E-state index < -0.39 is 21.4 Å². The summed E-state index contributed by atoms with van der Waals surface area (Å²) in [7, 11) is -3.64. The summed E-state index contributed by atoms with van der Waals surface area (Å²) in [5.74, 6) is 0. The molecule has 7 nitrogen and oxygen atoms in total. The number of fused-ring (bicyclic) bond motifs is 2. The minimum Gasteiger partial charge on any atom is -0.612 e. The Morgan fingerprint density at radius 3 is 2.66 bits per heavy atom. The number of nitrogens with zero attached hydrogens (tertiary/aromatic N) is 3. The smallest absolute Gasteiger partial charge is 0.304 e. The lowest BCUT2D eigenvalue weighted by molar-refractivity contribution is 0.305. The number of benzene rings is 2. The average Bonchev–Trinajstić information content (AvgIpc) is 3.27. The maximum Gasteiger partial charge on any atom is 0.304 e. The zero-order valence-corrected chi connectivity index (χ0v) is 22.0. The molecule has 0 aliphatic carbocycles. The van der Waals surface area contributed by atoms with Gasteiger partial charge in [-0.15, -0.1) is 0 Å². The van der Waals surface area contributed by atoms with E-state index in [2.05, 4.69) is 40.4 Å². The highest BCUT2D eigenvalue weighted by atomic mass is 32.2. The largest absolute Gasteiger partial charge is 0.612 e. The van der Waals surface area contributed by atoms with E-state index in [1.54, 1.807) is 12.3 Å². The molecule has 0 bridgehead atoms. The Hall–Kier alpha value is -2.30. The zero-order valence-electron chi connectivity index (χ0n) is 20.4. The summed E-state index contributed by atoms with van der Waals surface area (Å²) in [5.41, 5.74) is 5.33. The van der Waals surface area contributed by atoms with Gasteiger partial charge in [-0.05, 0) is 66.8 Å². The third-order valence-corrected chi connectivity index (χ3v) is 9.97. The van der Waals surface area contributed by atoms with Crippen LogP contribution in [0.25, 0.3) is 16.5 Å². The summed E-state index contributed by atoms with van der Waals surface area (Å²) in [6, 6.07) is 13.7. The lowest BCUT2D eigenvalue weighted by Gasteiger charge is -2.40. The van der Waals surface area contributed by atoms with Crippen molar-refractivity contribution in [3.63, 3.8) is 0 Å². The molecular weight excluding hydrogens is 480 g/mol. The number of hydrogen-bond acceptors (Lipinski definition) is 4. The van der Waals surface area contributed by atoms with Gasteiger partial charge in [-0.1, -0.05) is 24.3 Å². The summed E-state index contributed by atoms with van der Waals surface area (Å²) < 4.78 is 42.1. The summed E-state index contributed by atoms with van der Waals surface area (Å²) in [6.45, 7) is 6.78. The van der Waals surface area contributed by atoms with Crippen LogP contribution in [0.15, 0.2) is 59.6 Å². The monoisotopic (exact) mass is 512 g/mol. The van der Waals surface area contributed by atoms with Gasteiger partial charge in [-0.2, -0.15) is 12.7 Å². The fraction of sp³-hybridized carbons (Fsp3) is 0.385. The van der Waals surface area contributed by atoms with Crippen LogP contribution >= 0.6 is 0 Å². The minimum atomic E-state index is -3.64. The second-order valence-electron chi connectivity index (χ2n) is 9.49. The van der Waals surface area contributed by atoms with Crippen molar-refractivity contribution in [3.05, 3.63) is 65.9 Å². The van der Waals surface area contributed by atoms with Gasteiger partial charge in [0.15, 0.2) is 4.90 Å². The topological polar surface area (TPSA) is 82.7 Å². The molecule has 0 saturated heterocycles. The number of hydrogen-bond donors (Lipinski definition) is 1. The molecular formula is C26H32N4O3S2. The van der Waals surface area contributed by atoms with Crippen LogP contribution < -0.4 is 4.31 Å². The van der Waals surface area contributed by atoms with Crippen molar-refractivity contribution in [2.75, 3.05) is 36.7 Å². The van der Waals surface area contributed by atoms with Crippen LogP contribution in [0.3, 0.4) is 0 Å². The second kappa shape index (κ2) is 9.63. The van der Waals surface area contributed by atoms with E-state index in [-0.39, 0.29) is 6.04 Å². The summed E-state index contributed by atoms with van der Waals surface area (Å²) in [5, 5.41) is 1.24. The third kappa shape index (κ3) is 4.63. The van der Waals surface area contributed by atoms with Crippen molar-refractivity contribution >= 4 is 43.5 Å². The van der Waals surface area contributed by atoms with Crippen LogP contribution in [0.1, 0.15) is 31.4 Å². The molecule has 3 heterocycles. The molecule has 186 valence electrons. The Bertz CT molecular complexity index is 1360. The molecule has 2 aliphatic rings. The lowest BCUT2D eigenvalue weighted by Crippen LogP contribution is -2.52. The Balaban J connectivity index is 1.34. The number of rotatable bonds is 6. The molecule has 0 fully saturated rings. The van der Waals surface area contributed by atoms with E-state index in [1.807, 2.05) is 32.0 Å². The van der Waals surface area contributed by atoms with Crippen LogP contribution in [-0.4, -0.2) is 65.6 Å². The van der Waals surface area contributed by atoms with Crippen LogP contribution in [-0.2, 0) is 27.9 Å². The molecule has 1 atom stereocenters. The van der Waals surface area contributed by atoms with Crippen LogP contribution in [0, 0.1) is 0 Å². The Morgan fingerprint density at radius 2 is 1.94 bits per heavy atom. The maximum absolute atomic E-state index is 13.5. The number of H-pyrrole nitrogens is 1. The first-order chi connectivity index (χ1) is 16.8. The molecule has 2 aliphatic heterocycles. The quantitative estimate of drug-likeness (QED) is 0.507. The lowest BCUT2D eigenvalue weighted by atomic mass is 9.99. The van der Waals surface area contributed by atoms with Crippen molar-refractivity contribution in [1.29, 1.82) is 0 Å². The molecule has 1 unspecified atom stereocenters. The van der Waals surface area contributed by atoms with Gasteiger partial charge in [0.05, 0.1) is 5.69 Å². The SMILES string of the molecule is CC(C)N1Cc2cc([S+](C)[O-])ccc2N(CCN2CC=C(c3c[nH]c4ccccc34)CC2)S1(=O)=O. The van der Waals surface area contributed by atoms with E-state index in [1.165, 1.54) is 25.1 Å². The standard InChI is InChI=1S/C26H32N4O3S2/c1-19(2)30-18-21-16-22(34(3)31)8-9-26(21)29(35(30,32)33)15-14-28-12-10-20(11-13-28)24-17-27-25-7-5-4-6-23(24)25/h4-10,16-17,19,27H,11-15,18H2,1-3H3. The van der Waals surface area contributed by atoms with Crippen LogP contribution in [0.4, 0.5) is 5.69 Å². The maximum atomic E-state index is 13.5. The molecule has 0 spiro atoms. The molecule has 1 aromatic heterocycles. The van der Waals surface area contributed by atoms with Crippen molar-refractivity contribution in [1.82, 2.24) is 14.2 Å². The first-order valence-corrected chi connectivity index (χ1v) is 14.9. The normalized spacial score (nSPS) is 19.7. The van der Waals surface area contributed by atoms with Gasteiger partial charge < -0.3 is 9.54 Å². The number of nitrogens with one attached hydrogen (secondary N) is 1. The van der Waals surface area contributed by atoms with Crippen LogP contribution in [0.5, 0.6) is 0 Å². The van der Waals surface area contributed by atoms with E-state index >= 15 is 0 Å². The predicted octanol–water partition coefficient (Wildman–Crippen LogP) is 3.97. The fourth-order valence-electron chi connectivity index (χ4n) is 5.02. The first-order valence-electron chi connectivity index (χ1n) is 12.0. The van der Waals surface area contributed by atoms with Gasteiger partial charge >= 0.3 is 10.2 Å². The summed E-state index contributed by atoms with van der Waals surface area (Å²) in [4.78, 5) is 6.38. The Kier molecular flexibility index (Phi) is 6.71. The summed E-state index contributed by atoms with van der Waals surface area (Å²) >= 11 is -1.12. The first kappa shape index (κ1) is 24.4. The van der Waals surface area contributed by atoms with Gasteiger partial charge in [0.1, 0.15) is 6.26 Å². The number of para-hydroxylation sites is 1. The summed E-state index contributed by atoms with van der Waals surface area (Å²) in [6.07, 6.45) is 6.92. The molecule has 0 amide bonds. The average molecular weight is 513 g/mol. The van der Waals surface area contributed by atoms with E-state index in [9.17, 15) is 13.0 Å². The Morgan fingerprint density at radius 1 is 1.14 bits per heavy atom. The molecule has 5 rings (SSSR count). The molecule has 0 radical (unpaired) electrons.